The lowest BCUT2D eigenvalue weighted by molar-refractivity contribution is 0.226. The highest BCUT2D eigenvalue weighted by atomic mass is 32.2. The minimum atomic E-state index is -3.04. The summed E-state index contributed by atoms with van der Waals surface area (Å²) in [6.07, 6.45) is 0. The van der Waals surface area contributed by atoms with E-state index in [2.05, 4.69) is 4.90 Å². The summed E-state index contributed by atoms with van der Waals surface area (Å²) in [4.78, 5) is 2.06. The van der Waals surface area contributed by atoms with Gasteiger partial charge in [-0.25, -0.2) is 12.8 Å². The number of nitrogens with zero attached hydrogens (tertiary/aromatic N) is 1. The molecular weight excluding hydrogens is 293 g/mol. The number of hydrogen-bond acceptors (Lipinski definition) is 4. The van der Waals surface area contributed by atoms with Crippen LogP contribution in [0.2, 0.25) is 0 Å². The van der Waals surface area contributed by atoms with Gasteiger partial charge in [0.1, 0.15) is 17.2 Å². The van der Waals surface area contributed by atoms with Crippen LogP contribution in [0.4, 0.5) is 4.39 Å². The molecule has 0 aliphatic carbocycles. The number of halogens is 1. The van der Waals surface area contributed by atoms with Crippen molar-refractivity contribution in [1.29, 1.82) is 0 Å². The van der Waals surface area contributed by atoms with Crippen LogP contribution in [0.5, 0.6) is 0 Å². The first-order valence-corrected chi connectivity index (χ1v) is 8.55. The molecule has 0 atom stereocenters. The van der Waals surface area contributed by atoms with Gasteiger partial charge in [0.05, 0.1) is 17.0 Å². The van der Waals surface area contributed by atoms with Gasteiger partial charge in [-0.05, 0) is 38.1 Å². The highest BCUT2D eigenvalue weighted by molar-refractivity contribution is 7.92. The van der Waals surface area contributed by atoms with Crippen LogP contribution >= 0.6 is 0 Å². The quantitative estimate of drug-likeness (QED) is 0.855. The Kier molecular flexibility index (Phi) is 3.33. The summed E-state index contributed by atoms with van der Waals surface area (Å²) in [5.41, 5.74) is 0.648. The molecule has 21 heavy (non-hydrogen) atoms. The number of furan rings is 1. The number of fused-ring (bicyclic) bond motifs is 1. The van der Waals surface area contributed by atoms with Crippen molar-refractivity contribution >= 4 is 20.8 Å². The van der Waals surface area contributed by atoms with Crippen LogP contribution < -0.4 is 0 Å². The van der Waals surface area contributed by atoms with Crippen molar-refractivity contribution in [1.82, 2.24) is 4.90 Å². The summed E-state index contributed by atoms with van der Waals surface area (Å²) in [6.45, 7) is 5.01. The molecule has 0 amide bonds. The van der Waals surface area contributed by atoms with Gasteiger partial charge >= 0.3 is 0 Å². The Morgan fingerprint density at radius 2 is 2.10 bits per heavy atom. The molecule has 0 saturated carbocycles. The fraction of sp³-hybridized carbons (Fsp3) is 0.467. The highest BCUT2D eigenvalue weighted by Gasteiger charge is 2.40. The SMILES string of the molecule is CC1(C)CN(Cc2cc3cc(F)ccc3o2)CCS1(=O)=O. The van der Waals surface area contributed by atoms with Crippen molar-refractivity contribution in [3.63, 3.8) is 0 Å². The maximum atomic E-state index is 13.2. The molecule has 1 aromatic heterocycles. The van der Waals surface area contributed by atoms with E-state index in [0.717, 1.165) is 11.1 Å². The molecule has 0 spiro atoms. The summed E-state index contributed by atoms with van der Waals surface area (Å²) in [5, 5.41) is 0.730. The highest BCUT2D eigenvalue weighted by Crippen LogP contribution is 2.26. The van der Waals surface area contributed by atoms with E-state index in [1.165, 1.54) is 12.1 Å². The average molecular weight is 311 g/mol. The fourth-order valence-corrected chi connectivity index (χ4v) is 4.17. The van der Waals surface area contributed by atoms with Crippen LogP contribution in [-0.4, -0.2) is 36.9 Å². The first-order valence-electron chi connectivity index (χ1n) is 6.89. The Hall–Kier alpha value is -1.40. The molecule has 0 bridgehead atoms. The molecule has 0 radical (unpaired) electrons. The average Bonchev–Trinajstić information content (AvgIpc) is 2.75. The largest absolute Gasteiger partial charge is 0.460 e. The first kappa shape index (κ1) is 14.5. The minimum Gasteiger partial charge on any atom is -0.460 e. The summed E-state index contributed by atoms with van der Waals surface area (Å²) in [7, 11) is -3.04. The van der Waals surface area contributed by atoms with Gasteiger partial charge < -0.3 is 4.42 Å². The molecule has 1 aromatic carbocycles. The van der Waals surface area contributed by atoms with E-state index in [0.29, 0.717) is 25.2 Å². The van der Waals surface area contributed by atoms with Crippen LogP contribution in [0.3, 0.4) is 0 Å². The van der Waals surface area contributed by atoms with E-state index in [1.807, 2.05) is 6.07 Å². The van der Waals surface area contributed by atoms with Crippen LogP contribution in [-0.2, 0) is 16.4 Å². The maximum absolute atomic E-state index is 13.2. The van der Waals surface area contributed by atoms with Crippen molar-refractivity contribution in [2.75, 3.05) is 18.8 Å². The lowest BCUT2D eigenvalue weighted by Crippen LogP contribution is -2.52. The Bertz CT molecular complexity index is 779. The second-order valence-electron chi connectivity index (χ2n) is 6.18. The van der Waals surface area contributed by atoms with Gasteiger partial charge in [-0.3, -0.25) is 4.90 Å². The Balaban J connectivity index is 1.80. The van der Waals surface area contributed by atoms with Crippen LogP contribution in [0.15, 0.2) is 28.7 Å². The van der Waals surface area contributed by atoms with Gasteiger partial charge in [0.25, 0.3) is 0 Å². The van der Waals surface area contributed by atoms with Gasteiger partial charge in [-0.2, -0.15) is 0 Å². The van der Waals surface area contributed by atoms with E-state index in [1.54, 1.807) is 19.9 Å². The van der Waals surface area contributed by atoms with Gasteiger partial charge in [-0.15, -0.1) is 0 Å². The van der Waals surface area contributed by atoms with Crippen molar-refractivity contribution in [3.05, 3.63) is 35.8 Å². The van der Waals surface area contributed by atoms with Crippen molar-refractivity contribution in [3.8, 4) is 0 Å². The predicted molar refractivity (Wildman–Crippen MR) is 79.3 cm³/mol. The Morgan fingerprint density at radius 1 is 1.33 bits per heavy atom. The molecule has 6 heteroatoms. The minimum absolute atomic E-state index is 0.162. The van der Waals surface area contributed by atoms with Crippen LogP contribution in [0.25, 0.3) is 11.0 Å². The molecule has 1 fully saturated rings. The molecule has 3 rings (SSSR count). The van der Waals surface area contributed by atoms with E-state index in [9.17, 15) is 12.8 Å². The van der Waals surface area contributed by atoms with E-state index in [-0.39, 0.29) is 11.6 Å². The molecule has 1 saturated heterocycles. The second-order valence-corrected chi connectivity index (χ2v) is 8.93. The van der Waals surface area contributed by atoms with Crippen molar-refractivity contribution in [2.24, 2.45) is 0 Å². The zero-order valence-electron chi connectivity index (χ0n) is 12.1. The number of rotatable bonds is 2. The molecule has 0 unspecified atom stereocenters. The zero-order chi connectivity index (χ0) is 15.3. The molecule has 114 valence electrons. The van der Waals surface area contributed by atoms with Crippen LogP contribution in [0.1, 0.15) is 19.6 Å². The monoisotopic (exact) mass is 311 g/mol. The third kappa shape index (κ3) is 2.70. The Labute approximate surface area is 123 Å². The molecule has 1 aliphatic rings. The second kappa shape index (κ2) is 4.81. The first-order chi connectivity index (χ1) is 9.77. The normalized spacial score (nSPS) is 21.7. The van der Waals surface area contributed by atoms with Crippen molar-refractivity contribution in [2.45, 2.75) is 25.1 Å². The molecule has 0 N–H and O–H groups in total. The third-order valence-electron chi connectivity index (χ3n) is 4.03. The summed E-state index contributed by atoms with van der Waals surface area (Å²) < 4.78 is 42.1. The van der Waals surface area contributed by atoms with Gasteiger partial charge in [0.15, 0.2) is 9.84 Å². The van der Waals surface area contributed by atoms with E-state index < -0.39 is 14.6 Å². The fourth-order valence-electron chi connectivity index (χ4n) is 2.74. The van der Waals surface area contributed by atoms with E-state index >= 15 is 0 Å². The maximum Gasteiger partial charge on any atom is 0.157 e. The zero-order valence-corrected chi connectivity index (χ0v) is 12.9. The number of hydrogen-bond donors (Lipinski definition) is 0. The summed E-state index contributed by atoms with van der Waals surface area (Å²) >= 11 is 0. The molecule has 2 aromatic rings. The molecule has 1 aliphatic heterocycles. The van der Waals surface area contributed by atoms with Gasteiger partial charge in [0, 0.05) is 18.5 Å². The van der Waals surface area contributed by atoms with Gasteiger partial charge in [-0.1, -0.05) is 0 Å². The lowest BCUT2D eigenvalue weighted by atomic mass is 10.2. The summed E-state index contributed by atoms with van der Waals surface area (Å²) in [6, 6.07) is 6.23. The molecular formula is C15H18FNO3S. The third-order valence-corrected chi connectivity index (χ3v) is 6.56. The topological polar surface area (TPSA) is 50.5 Å². The Morgan fingerprint density at radius 3 is 2.81 bits per heavy atom. The van der Waals surface area contributed by atoms with Crippen LogP contribution in [0, 0.1) is 5.82 Å². The predicted octanol–water partition coefficient (Wildman–Crippen LogP) is 2.58. The standard InChI is InChI=1S/C15H18FNO3S/c1-15(2)10-17(5-6-21(15,18)19)9-13-8-11-7-12(16)3-4-14(11)20-13/h3-4,7-8H,5-6,9-10H2,1-2H3. The smallest absolute Gasteiger partial charge is 0.157 e. The molecule has 4 nitrogen and oxygen atoms in total. The molecule has 2 heterocycles. The number of benzene rings is 1. The van der Waals surface area contributed by atoms with E-state index in [4.69, 9.17) is 4.42 Å². The summed E-state index contributed by atoms with van der Waals surface area (Å²) in [5.74, 6) is 0.597. The lowest BCUT2D eigenvalue weighted by Gasteiger charge is -2.37. The van der Waals surface area contributed by atoms with Crippen molar-refractivity contribution < 1.29 is 17.2 Å². The number of sulfone groups is 1. The van der Waals surface area contributed by atoms with Gasteiger partial charge in [0.2, 0.25) is 0 Å².